The highest BCUT2D eigenvalue weighted by Crippen LogP contribution is 2.48. The molecule has 0 aliphatic carbocycles. The number of aromatic nitrogens is 1. The normalized spacial score (nSPS) is 14.1. The largest absolute Gasteiger partial charge is 0.481 e. The summed E-state index contributed by atoms with van der Waals surface area (Å²) >= 11 is 0. The van der Waals surface area contributed by atoms with Gasteiger partial charge in [-0.2, -0.15) is 0 Å². The number of carbonyl (C=O) groups is 2. The molecular formula is C41H51FN2O5. The van der Waals surface area contributed by atoms with Crippen molar-refractivity contribution in [3.05, 3.63) is 99.5 Å². The number of carbonyl (C=O) groups excluding carboxylic acids is 1. The van der Waals surface area contributed by atoms with E-state index in [1.54, 1.807) is 6.07 Å². The van der Waals surface area contributed by atoms with E-state index in [2.05, 4.69) is 30.7 Å². The number of carboxylic acids is 1. The summed E-state index contributed by atoms with van der Waals surface area (Å²) in [5.74, 6) is -1.79. The molecule has 49 heavy (non-hydrogen) atoms. The number of aliphatic carboxylic acids is 1. The van der Waals surface area contributed by atoms with Crippen molar-refractivity contribution < 1.29 is 29.3 Å². The molecule has 4 atom stereocenters. The van der Waals surface area contributed by atoms with E-state index >= 15 is 0 Å². The van der Waals surface area contributed by atoms with Crippen molar-refractivity contribution >= 4 is 17.6 Å². The Morgan fingerprint density at radius 1 is 0.796 bits per heavy atom. The number of amides is 1. The van der Waals surface area contributed by atoms with Crippen molar-refractivity contribution in [1.82, 2.24) is 4.57 Å². The van der Waals surface area contributed by atoms with E-state index < -0.39 is 30.6 Å². The van der Waals surface area contributed by atoms with Gasteiger partial charge in [-0.3, -0.25) is 9.59 Å². The molecule has 1 amide bonds. The van der Waals surface area contributed by atoms with Crippen LogP contribution in [0, 0.1) is 46.4 Å². The smallest absolute Gasteiger partial charge is 0.305 e. The zero-order valence-electron chi connectivity index (χ0n) is 30.2. The summed E-state index contributed by atoms with van der Waals surface area (Å²) in [4.78, 5) is 26.1. The first-order chi connectivity index (χ1) is 23.0. The molecule has 262 valence electrons. The van der Waals surface area contributed by atoms with Gasteiger partial charge in [0, 0.05) is 28.6 Å². The second-order valence-electron chi connectivity index (χ2n) is 14.1. The van der Waals surface area contributed by atoms with E-state index in [0.717, 1.165) is 50.3 Å². The molecule has 4 rings (SSSR count). The average molecular weight is 671 g/mol. The van der Waals surface area contributed by atoms with Gasteiger partial charge >= 0.3 is 5.97 Å². The molecule has 0 aliphatic heterocycles. The predicted octanol–water partition coefficient (Wildman–Crippen LogP) is 9.05. The summed E-state index contributed by atoms with van der Waals surface area (Å²) in [6.45, 7) is 18.2. The number of nitrogens with zero attached hydrogens (tertiary/aromatic N) is 1. The molecule has 0 spiro atoms. The van der Waals surface area contributed by atoms with Gasteiger partial charge in [0.05, 0.1) is 29.9 Å². The minimum atomic E-state index is -1.21. The zero-order valence-corrected chi connectivity index (χ0v) is 30.2. The summed E-state index contributed by atoms with van der Waals surface area (Å²) in [5.41, 5.74) is 10.0. The molecule has 0 fully saturated rings. The van der Waals surface area contributed by atoms with Crippen LogP contribution in [0.25, 0.3) is 22.4 Å². The fourth-order valence-electron chi connectivity index (χ4n) is 6.71. The van der Waals surface area contributed by atoms with E-state index in [0.29, 0.717) is 16.8 Å². The third-order valence-electron chi connectivity index (χ3n) is 9.99. The van der Waals surface area contributed by atoms with Gasteiger partial charge in [-0.1, -0.05) is 45.0 Å². The fourth-order valence-corrected chi connectivity index (χ4v) is 6.71. The Morgan fingerprint density at radius 2 is 1.49 bits per heavy atom. The van der Waals surface area contributed by atoms with Gasteiger partial charge in [0.25, 0.3) is 5.91 Å². The Kier molecular flexibility index (Phi) is 11.9. The third-order valence-corrected chi connectivity index (χ3v) is 9.99. The number of halogens is 1. The van der Waals surface area contributed by atoms with Crippen molar-refractivity contribution in [2.75, 3.05) is 5.32 Å². The molecule has 1 heterocycles. The highest BCUT2D eigenvalue weighted by Gasteiger charge is 2.35. The van der Waals surface area contributed by atoms with Crippen LogP contribution in [0.4, 0.5) is 10.1 Å². The Balaban J connectivity index is 2.11. The van der Waals surface area contributed by atoms with Gasteiger partial charge in [0.1, 0.15) is 5.82 Å². The van der Waals surface area contributed by atoms with E-state index in [-0.39, 0.29) is 36.4 Å². The van der Waals surface area contributed by atoms with E-state index in [9.17, 15) is 29.3 Å². The predicted molar refractivity (Wildman–Crippen MR) is 195 cm³/mol. The van der Waals surface area contributed by atoms with Crippen LogP contribution in [-0.2, 0) is 4.79 Å². The molecule has 0 aliphatic rings. The molecule has 8 heteroatoms. The van der Waals surface area contributed by atoms with E-state index in [1.807, 2.05) is 77.9 Å². The molecule has 7 nitrogen and oxygen atoms in total. The van der Waals surface area contributed by atoms with Gasteiger partial charge in [0.2, 0.25) is 0 Å². The Labute approximate surface area is 289 Å². The van der Waals surface area contributed by atoms with Gasteiger partial charge in [-0.05, 0) is 130 Å². The zero-order chi connectivity index (χ0) is 36.3. The number of carboxylic acid groups (broad SMARTS) is 1. The number of rotatable bonds is 13. The van der Waals surface area contributed by atoms with Crippen molar-refractivity contribution in [3.63, 3.8) is 0 Å². The second kappa shape index (κ2) is 15.5. The maximum absolute atomic E-state index is 14.9. The van der Waals surface area contributed by atoms with Crippen LogP contribution in [0.3, 0.4) is 0 Å². The highest BCUT2D eigenvalue weighted by atomic mass is 19.1. The molecule has 1 aromatic heterocycles. The van der Waals surface area contributed by atoms with Gasteiger partial charge < -0.3 is 25.2 Å². The van der Waals surface area contributed by atoms with Crippen LogP contribution in [0.1, 0.15) is 103 Å². The third kappa shape index (κ3) is 8.31. The Morgan fingerprint density at radius 3 is 2.10 bits per heavy atom. The molecule has 2 unspecified atom stereocenters. The Hall–Kier alpha value is -4.27. The number of nitrogens with one attached hydrogen (secondary N) is 1. The monoisotopic (exact) mass is 670 g/mol. The van der Waals surface area contributed by atoms with Crippen molar-refractivity contribution in [1.29, 1.82) is 0 Å². The molecule has 0 saturated heterocycles. The maximum Gasteiger partial charge on any atom is 0.305 e. The molecule has 0 bridgehead atoms. The fraction of sp³-hybridized carbons (Fsp3) is 0.415. The van der Waals surface area contributed by atoms with E-state index in [4.69, 9.17) is 0 Å². The lowest BCUT2D eigenvalue weighted by atomic mass is 9.87. The number of hydrogen-bond acceptors (Lipinski definition) is 4. The number of aryl methyl sites for hydroxylation is 4. The maximum atomic E-state index is 14.9. The quantitative estimate of drug-likeness (QED) is 0.113. The van der Waals surface area contributed by atoms with Crippen LogP contribution >= 0.6 is 0 Å². The summed E-state index contributed by atoms with van der Waals surface area (Å²) < 4.78 is 16.8. The first kappa shape index (κ1) is 37.5. The molecular weight excluding hydrogens is 619 g/mol. The minimum Gasteiger partial charge on any atom is -0.481 e. The van der Waals surface area contributed by atoms with Crippen LogP contribution in [0.15, 0.2) is 54.6 Å². The van der Waals surface area contributed by atoms with Crippen LogP contribution in [0.2, 0.25) is 0 Å². The van der Waals surface area contributed by atoms with Crippen LogP contribution < -0.4 is 5.32 Å². The number of anilines is 1. The minimum absolute atomic E-state index is 0.109. The Bertz CT molecular complexity index is 1840. The first-order valence-electron chi connectivity index (χ1n) is 17.1. The number of hydrogen-bond donors (Lipinski definition) is 4. The molecule has 4 N–H and O–H groups in total. The number of benzene rings is 3. The van der Waals surface area contributed by atoms with Gasteiger partial charge in [0.15, 0.2) is 0 Å². The number of aliphatic hydroxyl groups excluding tert-OH is 2. The van der Waals surface area contributed by atoms with Crippen LogP contribution in [0.5, 0.6) is 0 Å². The lowest BCUT2D eigenvalue weighted by molar-refractivity contribution is -0.139. The van der Waals surface area contributed by atoms with Crippen molar-refractivity contribution in [2.45, 2.75) is 106 Å². The van der Waals surface area contributed by atoms with Crippen LogP contribution in [-0.4, -0.2) is 44.0 Å². The highest BCUT2D eigenvalue weighted by molar-refractivity contribution is 6.13. The molecule has 4 aromatic rings. The van der Waals surface area contributed by atoms with Crippen molar-refractivity contribution in [2.24, 2.45) is 5.92 Å². The van der Waals surface area contributed by atoms with Gasteiger partial charge in [-0.15, -0.1) is 0 Å². The van der Waals surface area contributed by atoms with Gasteiger partial charge in [-0.25, -0.2) is 4.39 Å². The summed E-state index contributed by atoms with van der Waals surface area (Å²) in [6.07, 6.45) is -2.62. The first-order valence-corrected chi connectivity index (χ1v) is 17.1. The SMILES string of the molecule is Cc1ccc(NC(=O)c2c(-c3cccc(C)c3C)c(-c3ccc(F)cc3C)n(C(C)C[C@@H](O)C[C@@H](O)CC(=O)O)c2C(C)C(C)C)cc1C. The topological polar surface area (TPSA) is 112 Å². The average Bonchev–Trinajstić information content (AvgIpc) is 3.35. The summed E-state index contributed by atoms with van der Waals surface area (Å²) in [7, 11) is 0. The summed E-state index contributed by atoms with van der Waals surface area (Å²) in [5, 5.41) is 33.9. The number of aliphatic hydroxyl groups is 2. The standard InChI is InChI=1S/C41H51FN2O5/c1-22(2)28(8)39-38(41(49)43-31-15-13-23(3)25(5)18-31)37(35-12-10-11-24(4)29(35)9)40(34-16-14-30(42)17-26(34)6)44(39)27(7)19-32(45)20-33(46)21-36(47)48/h10-18,22,27-28,32-33,45-46H,19-21H2,1-9H3,(H,43,49)(H,47,48)/t27?,28?,32-,33-/m1/s1. The molecule has 0 saturated carbocycles. The lowest BCUT2D eigenvalue weighted by Gasteiger charge is -2.28. The lowest BCUT2D eigenvalue weighted by Crippen LogP contribution is -2.25. The second-order valence-corrected chi connectivity index (χ2v) is 14.1. The summed E-state index contributed by atoms with van der Waals surface area (Å²) in [6, 6.07) is 16.1. The van der Waals surface area contributed by atoms with Crippen molar-refractivity contribution in [3.8, 4) is 22.4 Å². The molecule has 0 radical (unpaired) electrons. The van der Waals surface area contributed by atoms with E-state index in [1.165, 1.54) is 12.1 Å². The molecule has 3 aromatic carbocycles.